The molecule has 0 amide bonds. The van der Waals surface area contributed by atoms with E-state index in [-0.39, 0.29) is 11.8 Å². The number of halogens is 3. The highest BCUT2D eigenvalue weighted by atomic mass is 32.1. The van der Waals surface area contributed by atoms with Gasteiger partial charge in [0.1, 0.15) is 12.4 Å². The van der Waals surface area contributed by atoms with Gasteiger partial charge in [-0.1, -0.05) is 12.0 Å². The molecule has 0 radical (unpaired) electrons. The Labute approximate surface area is 139 Å². The molecule has 1 aliphatic rings. The Hall–Kier alpha value is -1.53. The van der Waals surface area contributed by atoms with Crippen LogP contribution in [0.3, 0.4) is 0 Å². The average molecular weight is 363 g/mol. The topological polar surface area (TPSA) is 77.2 Å². The Morgan fingerprint density at radius 3 is 2.88 bits per heavy atom. The van der Waals surface area contributed by atoms with E-state index in [0.29, 0.717) is 36.7 Å². The fourth-order valence-corrected chi connectivity index (χ4v) is 3.37. The third-order valence-corrected chi connectivity index (χ3v) is 4.94. The van der Waals surface area contributed by atoms with Crippen molar-refractivity contribution in [1.82, 2.24) is 25.1 Å². The van der Waals surface area contributed by atoms with Gasteiger partial charge in [-0.25, -0.2) is 4.90 Å². The van der Waals surface area contributed by atoms with Gasteiger partial charge >= 0.3 is 11.3 Å². The molecule has 1 saturated heterocycles. The molecular formula is C13H16F3N5O2S. The molecule has 2 atom stereocenters. The fraction of sp³-hybridized carbons (Fsp3) is 0.538. The predicted molar refractivity (Wildman–Crippen MR) is 81.5 cm³/mol. The van der Waals surface area contributed by atoms with E-state index in [0.717, 1.165) is 0 Å². The lowest BCUT2D eigenvalue weighted by molar-refractivity contribution is -0.138. The van der Waals surface area contributed by atoms with Gasteiger partial charge in [0, 0.05) is 6.54 Å². The molecule has 0 saturated carbocycles. The first kappa shape index (κ1) is 17.3. The summed E-state index contributed by atoms with van der Waals surface area (Å²) in [5, 5.41) is 21.7. The van der Waals surface area contributed by atoms with Crippen LogP contribution in [0.15, 0.2) is 22.8 Å². The van der Waals surface area contributed by atoms with Crippen molar-refractivity contribution in [2.75, 3.05) is 19.8 Å². The fourth-order valence-electron chi connectivity index (χ4n) is 2.58. The lowest BCUT2D eigenvalue weighted by Gasteiger charge is -2.39. The van der Waals surface area contributed by atoms with Crippen molar-refractivity contribution in [3.8, 4) is 0 Å². The quantitative estimate of drug-likeness (QED) is 0.649. The molecule has 2 aromatic heterocycles. The smallest absolute Gasteiger partial charge is 0.445 e. The van der Waals surface area contributed by atoms with Gasteiger partial charge in [-0.15, -0.1) is 5.10 Å². The Morgan fingerprint density at radius 2 is 2.29 bits per heavy atom. The second kappa shape index (κ2) is 6.41. The molecule has 0 bridgehead atoms. The number of likely N-dealkylation sites (N-methyl/N-ethyl adjacent to an activating group) is 1. The Morgan fingerprint density at radius 1 is 1.50 bits per heavy atom. The summed E-state index contributed by atoms with van der Waals surface area (Å²) >= 11 is 0.298. The highest BCUT2D eigenvalue weighted by molar-refractivity contribution is 7.15. The molecule has 7 nitrogen and oxygen atoms in total. The molecule has 24 heavy (non-hydrogen) atoms. The maximum Gasteiger partial charge on any atom is 0.445 e. The number of furan rings is 1. The van der Waals surface area contributed by atoms with Crippen molar-refractivity contribution in [1.29, 1.82) is 0 Å². The number of alkyl halides is 3. The third kappa shape index (κ3) is 3.30. The number of nitrogens with one attached hydrogen (secondary N) is 1. The van der Waals surface area contributed by atoms with Crippen molar-refractivity contribution in [3.05, 3.63) is 34.4 Å². The molecule has 2 aromatic rings. The van der Waals surface area contributed by atoms with Gasteiger partial charge in [0.15, 0.2) is 6.17 Å². The van der Waals surface area contributed by atoms with E-state index in [9.17, 15) is 18.4 Å². The first-order valence-electron chi connectivity index (χ1n) is 7.31. The zero-order chi connectivity index (χ0) is 17.4. The average Bonchev–Trinajstić information content (AvgIpc) is 3.24. The third-order valence-electron chi connectivity index (χ3n) is 3.86. The van der Waals surface area contributed by atoms with Gasteiger partial charge in [-0.05, 0) is 23.5 Å². The van der Waals surface area contributed by atoms with E-state index < -0.39 is 22.0 Å². The lowest BCUT2D eigenvalue weighted by atomic mass is 10.4. The van der Waals surface area contributed by atoms with Crippen molar-refractivity contribution in [2.45, 2.75) is 25.8 Å². The van der Waals surface area contributed by atoms with E-state index in [2.05, 4.69) is 15.5 Å². The molecule has 2 unspecified atom stereocenters. The van der Waals surface area contributed by atoms with E-state index in [4.69, 9.17) is 4.42 Å². The summed E-state index contributed by atoms with van der Waals surface area (Å²) in [6.45, 7) is 3.25. The minimum absolute atomic E-state index is 0.0266. The van der Waals surface area contributed by atoms with Gasteiger partial charge in [0.2, 0.25) is 5.01 Å². The highest BCUT2D eigenvalue weighted by Gasteiger charge is 2.45. The second-order valence-corrected chi connectivity index (χ2v) is 6.43. The van der Waals surface area contributed by atoms with Crippen LogP contribution in [0.5, 0.6) is 0 Å². The summed E-state index contributed by atoms with van der Waals surface area (Å²) < 4.78 is 42.5. The summed E-state index contributed by atoms with van der Waals surface area (Å²) in [6.07, 6.45) is -3.73. The van der Waals surface area contributed by atoms with Crippen LogP contribution in [0.1, 0.15) is 17.7 Å². The highest BCUT2D eigenvalue weighted by Crippen LogP contribution is 2.38. The molecule has 132 valence electrons. The number of nitrogens with zero attached hydrogens (tertiary/aromatic N) is 4. The summed E-state index contributed by atoms with van der Waals surface area (Å²) in [6, 6.07) is 3.48. The number of quaternary nitrogens is 1. The molecule has 0 spiro atoms. The van der Waals surface area contributed by atoms with Crippen LogP contribution in [0.25, 0.3) is 0 Å². The Bertz CT molecular complexity index is 677. The van der Waals surface area contributed by atoms with E-state index in [1.54, 1.807) is 12.1 Å². The number of aromatic nitrogens is 2. The Balaban J connectivity index is 1.82. The van der Waals surface area contributed by atoms with Crippen LogP contribution in [0, 0.1) is 5.21 Å². The molecule has 1 N–H and O–H groups in total. The molecule has 1 fully saturated rings. The van der Waals surface area contributed by atoms with Crippen molar-refractivity contribution < 1.29 is 17.6 Å². The first-order chi connectivity index (χ1) is 11.3. The van der Waals surface area contributed by atoms with Crippen LogP contribution in [-0.2, 0) is 12.7 Å². The molecule has 3 rings (SSSR count). The van der Waals surface area contributed by atoms with Gasteiger partial charge < -0.3 is 9.62 Å². The molecule has 0 aliphatic carbocycles. The summed E-state index contributed by atoms with van der Waals surface area (Å²) in [7, 11) is 0. The molecule has 1 aliphatic heterocycles. The van der Waals surface area contributed by atoms with Gasteiger partial charge in [-0.2, -0.15) is 13.2 Å². The summed E-state index contributed by atoms with van der Waals surface area (Å²) in [5.74, 6) is 0.643. The predicted octanol–water partition coefficient (Wildman–Crippen LogP) is 2.36. The zero-order valence-electron chi connectivity index (χ0n) is 12.8. The minimum Gasteiger partial charge on any atom is -0.623 e. The van der Waals surface area contributed by atoms with Gasteiger partial charge in [0.25, 0.3) is 0 Å². The Kier molecular flexibility index (Phi) is 4.62. The maximum absolute atomic E-state index is 13.2. The molecule has 11 heteroatoms. The monoisotopic (exact) mass is 363 g/mol. The number of hydrogen-bond donors (Lipinski definition) is 1. The van der Waals surface area contributed by atoms with Crippen LogP contribution in [-0.4, -0.2) is 41.0 Å². The first-order valence-corrected chi connectivity index (χ1v) is 8.12. The minimum atomic E-state index is -4.60. The van der Waals surface area contributed by atoms with E-state index in [1.165, 1.54) is 6.26 Å². The van der Waals surface area contributed by atoms with Crippen LogP contribution in [0.4, 0.5) is 18.3 Å². The van der Waals surface area contributed by atoms with Crippen molar-refractivity contribution in [2.24, 2.45) is 0 Å². The largest absolute Gasteiger partial charge is 0.623 e. The van der Waals surface area contributed by atoms with Crippen LogP contribution < -0.4 is 9.96 Å². The van der Waals surface area contributed by atoms with Crippen LogP contribution >= 0.6 is 11.3 Å². The molecule has 0 aromatic carbocycles. The number of hydrogen-bond acceptors (Lipinski definition) is 7. The maximum atomic E-state index is 13.2. The van der Waals surface area contributed by atoms with E-state index >= 15 is 0 Å². The zero-order valence-corrected chi connectivity index (χ0v) is 13.6. The van der Waals surface area contributed by atoms with Gasteiger partial charge in [0.05, 0.1) is 19.4 Å². The van der Waals surface area contributed by atoms with Crippen LogP contribution in [0.2, 0.25) is 0 Å². The SMILES string of the molecule is CCN1CC(NCc2ccco2)[N+]([O-])(c2nnc(C(F)(F)F)s2)C1. The number of rotatable bonds is 5. The molecular weight excluding hydrogens is 347 g/mol. The number of hydroxylamine groups is 2. The molecule has 3 heterocycles. The van der Waals surface area contributed by atoms with Gasteiger partial charge in [-0.3, -0.25) is 9.96 Å². The lowest BCUT2D eigenvalue weighted by Crippen LogP contribution is -2.55. The second-order valence-electron chi connectivity index (χ2n) is 5.47. The summed E-state index contributed by atoms with van der Waals surface area (Å²) in [5.41, 5.74) is 0. The van der Waals surface area contributed by atoms with Crippen molar-refractivity contribution >= 4 is 16.5 Å². The normalized spacial score (nSPS) is 25.5. The van der Waals surface area contributed by atoms with E-state index in [1.807, 2.05) is 11.8 Å². The summed E-state index contributed by atoms with van der Waals surface area (Å²) in [4.78, 5) is 1.86. The standard InChI is InChI=1S/C13H16F3N5O2S/c1-2-20-7-10(17-6-9-4-3-5-23-9)21(22,8-20)12-19-18-11(24-12)13(14,15)16/h3-5,10,17H,2,6-8H2,1H3. The van der Waals surface area contributed by atoms with Crippen molar-refractivity contribution in [3.63, 3.8) is 0 Å².